The van der Waals surface area contributed by atoms with Crippen molar-refractivity contribution in [1.82, 2.24) is 25.1 Å². The summed E-state index contributed by atoms with van der Waals surface area (Å²) in [5.74, 6) is -0.269. The van der Waals surface area contributed by atoms with Gasteiger partial charge in [-0.05, 0) is 37.1 Å². The van der Waals surface area contributed by atoms with Crippen molar-refractivity contribution in [1.29, 1.82) is 0 Å². The molecule has 0 atom stereocenters. The molecule has 5 rings (SSSR count). The highest BCUT2D eigenvalue weighted by atomic mass is 16.2. The number of nitrogens with one attached hydrogen (secondary N) is 1. The van der Waals surface area contributed by atoms with Crippen LogP contribution in [0.15, 0.2) is 66.2 Å². The Kier molecular flexibility index (Phi) is 4.82. The lowest BCUT2D eigenvalue weighted by atomic mass is 9.82. The van der Waals surface area contributed by atoms with Gasteiger partial charge in [0.2, 0.25) is 0 Å². The van der Waals surface area contributed by atoms with Crippen molar-refractivity contribution >= 4 is 18.2 Å². The fraction of sp³-hybridized carbons (Fsp3) is 0.261. The minimum Gasteiger partial charge on any atom is -0.321 e. The highest BCUT2D eigenvalue weighted by molar-refractivity contribution is 6.07. The molecule has 0 radical (unpaired) electrons. The second kappa shape index (κ2) is 7.79. The van der Waals surface area contributed by atoms with Crippen molar-refractivity contribution in [2.45, 2.75) is 37.6 Å². The number of hydrogen-bond donors (Lipinski definition) is 1. The van der Waals surface area contributed by atoms with Crippen LogP contribution in [0.3, 0.4) is 0 Å². The van der Waals surface area contributed by atoms with Gasteiger partial charge in [-0.2, -0.15) is 10.2 Å². The third-order valence-corrected chi connectivity index (χ3v) is 5.88. The normalized spacial score (nSPS) is 18.1. The topological polar surface area (TPSA) is 92.5 Å². The highest BCUT2D eigenvalue weighted by Crippen LogP contribution is 2.34. The minimum atomic E-state index is -0.797. The van der Waals surface area contributed by atoms with Crippen molar-refractivity contribution in [3.63, 3.8) is 0 Å². The number of rotatable bonds is 4. The van der Waals surface area contributed by atoms with E-state index in [2.05, 4.69) is 15.4 Å². The summed E-state index contributed by atoms with van der Waals surface area (Å²) in [4.78, 5) is 29.6. The number of hydrazone groups is 1. The van der Waals surface area contributed by atoms with Gasteiger partial charge in [-0.15, -0.1) is 5.01 Å². The van der Waals surface area contributed by atoms with Crippen LogP contribution in [0.2, 0.25) is 0 Å². The van der Waals surface area contributed by atoms with E-state index in [9.17, 15) is 9.59 Å². The molecule has 1 saturated carbocycles. The fourth-order valence-corrected chi connectivity index (χ4v) is 4.25. The summed E-state index contributed by atoms with van der Waals surface area (Å²) < 4.78 is 1.76. The first-order valence-electron chi connectivity index (χ1n) is 10.4. The van der Waals surface area contributed by atoms with Crippen LogP contribution in [0, 0.1) is 0 Å². The molecule has 1 aliphatic heterocycles. The van der Waals surface area contributed by atoms with E-state index in [4.69, 9.17) is 5.10 Å². The summed E-state index contributed by atoms with van der Waals surface area (Å²) in [6.07, 6.45) is 11.0. The molecule has 1 N–H and O–H groups in total. The average Bonchev–Trinajstić information content (AvgIpc) is 3.33. The van der Waals surface area contributed by atoms with Gasteiger partial charge in [0.05, 0.1) is 11.9 Å². The molecule has 0 unspecified atom stereocenters. The maximum atomic E-state index is 13.0. The van der Waals surface area contributed by atoms with E-state index in [0.717, 1.165) is 35.5 Å². The van der Waals surface area contributed by atoms with Crippen molar-refractivity contribution in [2.24, 2.45) is 5.10 Å². The molecule has 156 valence electrons. The summed E-state index contributed by atoms with van der Waals surface area (Å²) in [7, 11) is 0. The summed E-state index contributed by atoms with van der Waals surface area (Å²) in [6.45, 7) is 0. The second-order valence-electron chi connectivity index (χ2n) is 7.88. The number of benzene rings is 1. The maximum Gasteiger partial charge on any atom is 0.346 e. The Balaban J connectivity index is 1.49. The molecule has 1 spiro atoms. The third kappa shape index (κ3) is 3.50. The zero-order chi connectivity index (χ0) is 21.3. The molecule has 2 fully saturated rings. The number of imide groups is 1. The lowest BCUT2D eigenvalue weighted by Crippen LogP contribution is -2.48. The molecule has 1 aromatic carbocycles. The van der Waals surface area contributed by atoms with Crippen molar-refractivity contribution in [3.8, 4) is 16.9 Å². The van der Waals surface area contributed by atoms with E-state index >= 15 is 0 Å². The van der Waals surface area contributed by atoms with E-state index in [1.807, 2.05) is 48.7 Å². The van der Waals surface area contributed by atoms with Crippen LogP contribution >= 0.6 is 0 Å². The number of carbonyl (C=O) groups is 2. The van der Waals surface area contributed by atoms with Crippen LogP contribution in [0.5, 0.6) is 0 Å². The number of para-hydroxylation sites is 1. The highest BCUT2D eigenvalue weighted by Gasteiger charge is 2.51. The molecule has 0 bridgehead atoms. The number of pyridine rings is 1. The van der Waals surface area contributed by atoms with Crippen molar-refractivity contribution < 1.29 is 9.59 Å². The van der Waals surface area contributed by atoms with Gasteiger partial charge in [0.15, 0.2) is 0 Å². The Morgan fingerprint density at radius 1 is 1.00 bits per heavy atom. The third-order valence-electron chi connectivity index (χ3n) is 5.88. The molecule has 3 aromatic rings. The summed E-state index contributed by atoms with van der Waals surface area (Å²) in [5, 5.41) is 12.8. The largest absolute Gasteiger partial charge is 0.346 e. The Morgan fingerprint density at radius 2 is 1.74 bits per heavy atom. The number of aromatic nitrogens is 3. The number of urea groups is 1. The van der Waals surface area contributed by atoms with Crippen LogP contribution in [0.4, 0.5) is 4.79 Å². The zero-order valence-electron chi connectivity index (χ0n) is 16.9. The first-order chi connectivity index (χ1) is 15.2. The maximum absolute atomic E-state index is 13.0. The van der Waals surface area contributed by atoms with E-state index in [0.29, 0.717) is 24.1 Å². The summed E-state index contributed by atoms with van der Waals surface area (Å²) in [6, 6.07) is 13.0. The second-order valence-corrected chi connectivity index (χ2v) is 7.88. The molecule has 8 nitrogen and oxygen atoms in total. The lowest BCUT2D eigenvalue weighted by Gasteiger charge is -2.29. The SMILES string of the molecule is O=C1NC2(CCCCC2)C(=O)N1/N=C\c1cn(-c2ccccc2)nc1-c1ccncc1. The Bertz CT molecular complexity index is 1130. The molecule has 1 saturated heterocycles. The number of amides is 3. The van der Waals surface area contributed by atoms with E-state index in [1.165, 1.54) is 6.21 Å². The first kappa shape index (κ1) is 19.2. The van der Waals surface area contributed by atoms with Crippen LogP contribution in [-0.2, 0) is 4.79 Å². The van der Waals surface area contributed by atoms with Gasteiger partial charge >= 0.3 is 6.03 Å². The molecule has 2 aliphatic rings. The van der Waals surface area contributed by atoms with Crippen molar-refractivity contribution in [2.75, 3.05) is 0 Å². The Hall–Kier alpha value is -3.81. The van der Waals surface area contributed by atoms with E-state index < -0.39 is 11.6 Å². The van der Waals surface area contributed by atoms with Gasteiger partial charge in [0, 0.05) is 29.7 Å². The van der Waals surface area contributed by atoms with E-state index in [-0.39, 0.29) is 5.91 Å². The van der Waals surface area contributed by atoms with Gasteiger partial charge < -0.3 is 5.32 Å². The minimum absolute atomic E-state index is 0.269. The zero-order valence-corrected chi connectivity index (χ0v) is 16.9. The number of hydrogen-bond acceptors (Lipinski definition) is 5. The molecule has 31 heavy (non-hydrogen) atoms. The molecular formula is C23H22N6O2. The van der Waals surface area contributed by atoms with E-state index in [1.54, 1.807) is 17.1 Å². The molecular weight excluding hydrogens is 392 g/mol. The van der Waals surface area contributed by atoms with Crippen LogP contribution < -0.4 is 5.32 Å². The lowest BCUT2D eigenvalue weighted by molar-refractivity contribution is -0.132. The number of carbonyl (C=O) groups excluding carboxylic acids is 2. The van der Waals surface area contributed by atoms with Gasteiger partial charge in [0.25, 0.3) is 5.91 Å². The van der Waals surface area contributed by atoms with Crippen LogP contribution in [-0.4, -0.2) is 43.5 Å². The van der Waals surface area contributed by atoms with Gasteiger partial charge in [-0.1, -0.05) is 37.5 Å². The molecule has 2 aromatic heterocycles. The Labute approximate surface area is 179 Å². The van der Waals surface area contributed by atoms with Crippen LogP contribution in [0.1, 0.15) is 37.7 Å². The first-order valence-corrected chi connectivity index (χ1v) is 10.4. The summed E-state index contributed by atoms with van der Waals surface area (Å²) in [5.41, 5.74) is 2.35. The van der Waals surface area contributed by atoms with Crippen LogP contribution in [0.25, 0.3) is 16.9 Å². The quantitative estimate of drug-likeness (QED) is 0.522. The summed E-state index contributed by atoms with van der Waals surface area (Å²) >= 11 is 0. The smallest absolute Gasteiger partial charge is 0.321 e. The monoisotopic (exact) mass is 414 g/mol. The van der Waals surface area contributed by atoms with Crippen molar-refractivity contribution in [3.05, 3.63) is 66.6 Å². The molecule has 3 amide bonds. The standard InChI is InChI=1S/C23H22N6O2/c30-21-23(11-5-2-6-12-23)26-22(31)29(21)25-15-18-16-28(19-7-3-1-4-8-19)27-20(18)17-9-13-24-14-10-17/h1,3-4,7-10,13-16H,2,5-6,11-12H2,(H,26,31)/b25-15-. The van der Waals surface area contributed by atoms with Gasteiger partial charge in [-0.3, -0.25) is 9.78 Å². The molecule has 1 aliphatic carbocycles. The Morgan fingerprint density at radius 3 is 2.48 bits per heavy atom. The van der Waals surface area contributed by atoms with Gasteiger partial charge in [-0.25, -0.2) is 9.48 Å². The molecule has 3 heterocycles. The predicted octanol–water partition coefficient (Wildman–Crippen LogP) is 3.52. The molecule has 8 heteroatoms. The van der Waals surface area contributed by atoms with Gasteiger partial charge in [0.1, 0.15) is 11.2 Å². The average molecular weight is 414 g/mol. The predicted molar refractivity (Wildman–Crippen MR) is 116 cm³/mol. The number of nitrogens with zero attached hydrogens (tertiary/aromatic N) is 5. The fourth-order valence-electron chi connectivity index (χ4n) is 4.25.